The van der Waals surface area contributed by atoms with Gasteiger partial charge in [-0.1, -0.05) is 6.42 Å². The van der Waals surface area contributed by atoms with Gasteiger partial charge < -0.3 is 5.32 Å². The Balaban J connectivity index is 1.94. The maximum Gasteiger partial charge on any atom is 0.272 e. The number of rotatable bonds is 4. The van der Waals surface area contributed by atoms with Crippen LogP contribution in [0.2, 0.25) is 0 Å². The molecule has 6 heteroatoms. The predicted molar refractivity (Wildman–Crippen MR) is 71.6 cm³/mol. The summed E-state index contributed by atoms with van der Waals surface area (Å²) in [5, 5.41) is 14.0. The lowest BCUT2D eigenvalue weighted by Crippen LogP contribution is -2.20. The van der Waals surface area contributed by atoms with E-state index in [0.717, 1.165) is 18.2 Å². The summed E-state index contributed by atoms with van der Waals surface area (Å²) in [6.45, 7) is 0.708. The van der Waals surface area contributed by atoms with Crippen LogP contribution < -0.4 is 5.32 Å². The van der Waals surface area contributed by atoms with Crippen LogP contribution in [0.1, 0.15) is 19.3 Å². The third-order valence-corrected chi connectivity index (χ3v) is 4.36. The van der Waals surface area contributed by atoms with Gasteiger partial charge in [0.2, 0.25) is 0 Å². The van der Waals surface area contributed by atoms with Crippen molar-refractivity contribution >= 4 is 23.1 Å². The highest BCUT2D eigenvalue weighted by atomic mass is 32.2. The molecule has 1 heterocycles. The smallest absolute Gasteiger partial charge is 0.272 e. The van der Waals surface area contributed by atoms with E-state index in [1.54, 1.807) is 0 Å². The van der Waals surface area contributed by atoms with Crippen LogP contribution in [-0.2, 0) is 0 Å². The molecule has 1 fully saturated rings. The lowest BCUT2D eigenvalue weighted by molar-refractivity contribution is -0.385. The van der Waals surface area contributed by atoms with Gasteiger partial charge in [0.1, 0.15) is 0 Å². The standard InChI is InChI=1S/C12H15FN2O2S/c13-11-7-9(15(16)17)4-5-12(11)14-8-10-3-1-2-6-18-10/h4-5,7,10,14H,1-3,6,8H2. The molecule has 0 aliphatic carbocycles. The quantitative estimate of drug-likeness (QED) is 0.672. The highest BCUT2D eigenvalue weighted by molar-refractivity contribution is 7.99. The number of non-ortho nitro benzene ring substituents is 1. The minimum absolute atomic E-state index is 0.218. The van der Waals surface area contributed by atoms with Crippen LogP contribution in [0.25, 0.3) is 0 Å². The van der Waals surface area contributed by atoms with Crippen molar-refractivity contribution in [1.82, 2.24) is 0 Å². The Morgan fingerprint density at radius 3 is 2.94 bits per heavy atom. The Morgan fingerprint density at radius 1 is 1.50 bits per heavy atom. The number of nitrogens with one attached hydrogen (secondary N) is 1. The number of halogens is 1. The van der Waals surface area contributed by atoms with E-state index in [4.69, 9.17) is 0 Å². The minimum atomic E-state index is -0.593. The van der Waals surface area contributed by atoms with E-state index < -0.39 is 10.7 Å². The van der Waals surface area contributed by atoms with Gasteiger partial charge in [-0.3, -0.25) is 10.1 Å². The monoisotopic (exact) mass is 270 g/mol. The molecule has 4 nitrogen and oxygen atoms in total. The van der Waals surface area contributed by atoms with Crippen molar-refractivity contribution in [2.75, 3.05) is 17.6 Å². The molecule has 98 valence electrons. The van der Waals surface area contributed by atoms with Gasteiger partial charge in [0, 0.05) is 17.9 Å². The van der Waals surface area contributed by atoms with Gasteiger partial charge in [-0.15, -0.1) is 0 Å². The first-order valence-electron chi connectivity index (χ1n) is 5.96. The fourth-order valence-corrected chi connectivity index (χ4v) is 3.19. The normalized spacial score (nSPS) is 19.5. The van der Waals surface area contributed by atoms with Gasteiger partial charge >= 0.3 is 0 Å². The largest absolute Gasteiger partial charge is 0.382 e. The molecule has 1 aliphatic heterocycles. The molecule has 1 atom stereocenters. The number of hydrogen-bond acceptors (Lipinski definition) is 4. The van der Waals surface area contributed by atoms with Crippen molar-refractivity contribution in [3.05, 3.63) is 34.1 Å². The van der Waals surface area contributed by atoms with Gasteiger partial charge in [0.15, 0.2) is 5.82 Å². The second-order valence-electron chi connectivity index (χ2n) is 4.29. The summed E-state index contributed by atoms with van der Waals surface area (Å²) in [5.74, 6) is 0.597. The first kappa shape index (κ1) is 13.1. The molecule has 0 radical (unpaired) electrons. The van der Waals surface area contributed by atoms with Gasteiger partial charge in [-0.05, 0) is 24.7 Å². The summed E-state index contributed by atoms with van der Waals surface area (Å²) in [5.41, 5.74) is 0.122. The summed E-state index contributed by atoms with van der Waals surface area (Å²) >= 11 is 1.90. The maximum absolute atomic E-state index is 13.6. The van der Waals surface area contributed by atoms with Crippen molar-refractivity contribution < 1.29 is 9.31 Å². The van der Waals surface area contributed by atoms with Crippen molar-refractivity contribution in [2.45, 2.75) is 24.5 Å². The molecule has 0 saturated carbocycles. The van der Waals surface area contributed by atoms with E-state index in [-0.39, 0.29) is 5.69 Å². The van der Waals surface area contributed by atoms with Crippen molar-refractivity contribution in [3.63, 3.8) is 0 Å². The van der Waals surface area contributed by atoms with Crippen LogP contribution in [0.4, 0.5) is 15.8 Å². The number of hydrogen-bond donors (Lipinski definition) is 1. The topological polar surface area (TPSA) is 55.2 Å². The molecular formula is C12H15FN2O2S. The number of nitro benzene ring substituents is 1. The summed E-state index contributed by atoms with van der Waals surface area (Å²) in [7, 11) is 0. The fraction of sp³-hybridized carbons (Fsp3) is 0.500. The first-order valence-corrected chi connectivity index (χ1v) is 7.01. The van der Waals surface area contributed by atoms with E-state index in [0.29, 0.717) is 17.5 Å². The Morgan fingerprint density at radius 2 is 2.33 bits per heavy atom. The molecule has 0 aromatic heterocycles. The van der Waals surface area contributed by atoms with E-state index in [9.17, 15) is 14.5 Å². The number of thioether (sulfide) groups is 1. The molecule has 1 aromatic carbocycles. The van der Waals surface area contributed by atoms with Gasteiger partial charge in [-0.25, -0.2) is 4.39 Å². The molecular weight excluding hydrogens is 255 g/mol. The third-order valence-electron chi connectivity index (χ3n) is 2.96. The van der Waals surface area contributed by atoms with Crippen LogP contribution in [0.5, 0.6) is 0 Å². The SMILES string of the molecule is O=[N+]([O-])c1ccc(NCC2CCCCS2)c(F)c1. The first-order chi connectivity index (χ1) is 8.66. The zero-order chi connectivity index (χ0) is 13.0. The lowest BCUT2D eigenvalue weighted by atomic mass is 10.2. The molecule has 1 aromatic rings. The number of nitro groups is 1. The van der Waals surface area contributed by atoms with Crippen LogP contribution >= 0.6 is 11.8 Å². The highest BCUT2D eigenvalue weighted by Crippen LogP contribution is 2.26. The molecule has 0 amide bonds. The molecule has 0 spiro atoms. The minimum Gasteiger partial charge on any atom is -0.382 e. The summed E-state index contributed by atoms with van der Waals surface area (Å²) in [4.78, 5) is 9.89. The molecule has 1 N–H and O–H groups in total. The fourth-order valence-electron chi connectivity index (χ4n) is 1.95. The Labute approximate surface area is 109 Å². The molecule has 18 heavy (non-hydrogen) atoms. The summed E-state index contributed by atoms with van der Waals surface area (Å²) in [6.07, 6.45) is 3.63. The van der Waals surface area contributed by atoms with Crippen molar-refractivity contribution in [1.29, 1.82) is 0 Å². The second-order valence-corrected chi connectivity index (χ2v) is 5.70. The van der Waals surface area contributed by atoms with Crippen LogP contribution in [-0.4, -0.2) is 22.5 Å². The Kier molecular flexibility index (Phi) is 4.41. The highest BCUT2D eigenvalue weighted by Gasteiger charge is 2.15. The van der Waals surface area contributed by atoms with Crippen molar-refractivity contribution in [2.24, 2.45) is 0 Å². The Bertz CT molecular complexity index is 436. The van der Waals surface area contributed by atoms with Crippen LogP contribution in [0, 0.1) is 15.9 Å². The maximum atomic E-state index is 13.6. The summed E-state index contributed by atoms with van der Waals surface area (Å²) in [6, 6.07) is 3.71. The third kappa shape index (κ3) is 3.35. The second kappa shape index (κ2) is 6.04. The van der Waals surface area contributed by atoms with E-state index in [1.807, 2.05) is 11.8 Å². The van der Waals surface area contributed by atoms with E-state index in [2.05, 4.69) is 5.32 Å². The number of nitrogens with zero attached hydrogens (tertiary/aromatic N) is 1. The van der Waals surface area contributed by atoms with Gasteiger partial charge in [0.25, 0.3) is 5.69 Å². The average molecular weight is 270 g/mol. The molecule has 1 aliphatic rings. The summed E-state index contributed by atoms with van der Waals surface area (Å²) < 4.78 is 13.6. The molecule has 1 saturated heterocycles. The molecule has 0 bridgehead atoms. The average Bonchev–Trinajstić information content (AvgIpc) is 2.38. The van der Waals surface area contributed by atoms with Crippen LogP contribution in [0.3, 0.4) is 0 Å². The van der Waals surface area contributed by atoms with Gasteiger partial charge in [0.05, 0.1) is 16.7 Å². The molecule has 1 unspecified atom stereocenters. The number of benzene rings is 1. The van der Waals surface area contributed by atoms with Gasteiger partial charge in [-0.2, -0.15) is 11.8 Å². The van der Waals surface area contributed by atoms with E-state index >= 15 is 0 Å². The predicted octanol–water partition coefficient (Wildman–Crippen LogP) is 3.43. The van der Waals surface area contributed by atoms with Crippen LogP contribution in [0.15, 0.2) is 18.2 Å². The van der Waals surface area contributed by atoms with E-state index in [1.165, 1.54) is 25.0 Å². The molecule has 2 rings (SSSR count). The zero-order valence-corrected chi connectivity index (χ0v) is 10.7. The lowest BCUT2D eigenvalue weighted by Gasteiger charge is -2.22. The number of anilines is 1. The Hall–Kier alpha value is -1.30. The zero-order valence-electron chi connectivity index (χ0n) is 9.89. The van der Waals surface area contributed by atoms with Crippen molar-refractivity contribution in [3.8, 4) is 0 Å².